The average molecular weight is 371 g/mol. The van der Waals surface area contributed by atoms with E-state index < -0.39 is 12.0 Å². The first kappa shape index (κ1) is 14.5. The topological polar surface area (TPSA) is 52.9 Å². The van der Waals surface area contributed by atoms with Crippen LogP contribution in [0.4, 0.5) is 5.69 Å². The third-order valence-electron chi connectivity index (χ3n) is 4.55. The Hall–Kier alpha value is -2.14. The van der Waals surface area contributed by atoms with Crippen LogP contribution in [0, 0.1) is 0 Å². The smallest absolute Gasteiger partial charge is 0.326 e. The molecule has 0 bridgehead atoms. The maximum absolute atomic E-state index is 11.7. The Labute approximate surface area is 142 Å². The van der Waals surface area contributed by atoms with Gasteiger partial charge in [-0.25, -0.2) is 9.79 Å². The largest absolute Gasteiger partial charge is 0.480 e. The zero-order valence-corrected chi connectivity index (χ0v) is 13.9. The van der Waals surface area contributed by atoms with Crippen molar-refractivity contribution in [1.82, 2.24) is 4.90 Å². The van der Waals surface area contributed by atoms with E-state index in [-0.39, 0.29) is 5.92 Å². The molecule has 1 saturated heterocycles. The summed E-state index contributed by atoms with van der Waals surface area (Å²) in [5.41, 5.74) is 3.12. The number of hydrogen-bond donors (Lipinski definition) is 1. The molecule has 2 aliphatic rings. The zero-order chi connectivity index (χ0) is 16.0. The molecule has 0 aliphatic carbocycles. The van der Waals surface area contributed by atoms with Crippen LogP contribution in [-0.2, 0) is 11.3 Å². The zero-order valence-electron chi connectivity index (χ0n) is 12.3. The highest BCUT2D eigenvalue weighted by Gasteiger charge is 2.43. The number of aliphatic carboxylic acids is 1. The number of carboxylic acids is 1. The second kappa shape index (κ2) is 5.49. The minimum absolute atomic E-state index is 0.0362. The minimum atomic E-state index is -0.783. The van der Waals surface area contributed by atoms with Gasteiger partial charge in [-0.05, 0) is 35.7 Å². The molecule has 0 spiro atoms. The van der Waals surface area contributed by atoms with Crippen molar-refractivity contribution in [3.8, 4) is 0 Å². The fourth-order valence-electron chi connectivity index (χ4n) is 3.45. The highest BCUT2D eigenvalue weighted by atomic mass is 79.9. The van der Waals surface area contributed by atoms with Crippen LogP contribution in [0.3, 0.4) is 0 Å². The SMILES string of the molecule is O=C(O)[C@@H]1CC(c2ccccc2)C2=Nc3ccc(Br)cc3CN21. The molecule has 2 aromatic rings. The van der Waals surface area contributed by atoms with Crippen LogP contribution in [0.2, 0.25) is 0 Å². The van der Waals surface area contributed by atoms with E-state index in [1.165, 1.54) is 0 Å². The molecular weight excluding hydrogens is 356 g/mol. The van der Waals surface area contributed by atoms with Crippen molar-refractivity contribution in [3.05, 3.63) is 64.1 Å². The number of benzene rings is 2. The van der Waals surface area contributed by atoms with Gasteiger partial charge in [0.2, 0.25) is 0 Å². The van der Waals surface area contributed by atoms with Crippen LogP contribution in [-0.4, -0.2) is 27.9 Å². The van der Waals surface area contributed by atoms with E-state index in [0.29, 0.717) is 13.0 Å². The Morgan fingerprint density at radius 3 is 2.74 bits per heavy atom. The van der Waals surface area contributed by atoms with E-state index in [1.807, 2.05) is 53.4 Å². The molecule has 0 saturated carbocycles. The highest BCUT2D eigenvalue weighted by Crippen LogP contribution is 2.41. The van der Waals surface area contributed by atoms with Gasteiger partial charge in [0.1, 0.15) is 11.9 Å². The number of hydrogen-bond acceptors (Lipinski definition) is 3. The number of carbonyl (C=O) groups is 1. The number of halogens is 1. The van der Waals surface area contributed by atoms with E-state index >= 15 is 0 Å². The third kappa shape index (κ3) is 2.45. The normalized spacial score (nSPS) is 22.3. The van der Waals surface area contributed by atoms with E-state index in [1.54, 1.807) is 0 Å². The van der Waals surface area contributed by atoms with Gasteiger partial charge in [-0.3, -0.25) is 0 Å². The van der Waals surface area contributed by atoms with Gasteiger partial charge < -0.3 is 10.0 Å². The van der Waals surface area contributed by atoms with Gasteiger partial charge in [0.15, 0.2) is 0 Å². The Morgan fingerprint density at radius 2 is 2.00 bits per heavy atom. The van der Waals surface area contributed by atoms with E-state index in [0.717, 1.165) is 27.1 Å². The highest BCUT2D eigenvalue weighted by molar-refractivity contribution is 9.10. The van der Waals surface area contributed by atoms with Crippen molar-refractivity contribution in [3.63, 3.8) is 0 Å². The summed E-state index contributed by atoms with van der Waals surface area (Å²) >= 11 is 3.47. The number of nitrogens with zero attached hydrogens (tertiary/aromatic N) is 2. The molecule has 2 aliphatic heterocycles. The molecule has 4 rings (SSSR count). The molecule has 1 fully saturated rings. The van der Waals surface area contributed by atoms with Crippen LogP contribution in [0.1, 0.15) is 23.5 Å². The number of amidine groups is 1. The fourth-order valence-corrected chi connectivity index (χ4v) is 3.86. The summed E-state index contributed by atoms with van der Waals surface area (Å²) in [6.45, 7) is 0.591. The van der Waals surface area contributed by atoms with Crippen molar-refractivity contribution in [2.24, 2.45) is 4.99 Å². The number of carboxylic acid groups (broad SMARTS) is 1. The first-order valence-corrected chi connectivity index (χ1v) is 8.34. The van der Waals surface area contributed by atoms with Crippen LogP contribution < -0.4 is 0 Å². The van der Waals surface area contributed by atoms with Crippen molar-refractivity contribution in [2.45, 2.75) is 24.9 Å². The van der Waals surface area contributed by atoms with Gasteiger partial charge in [-0.15, -0.1) is 0 Å². The standard InChI is InChI=1S/C18H15BrN2O2/c19-13-6-7-15-12(8-13)10-21-16(18(22)23)9-14(17(21)20-15)11-4-2-1-3-5-11/h1-8,14,16H,9-10H2,(H,22,23)/t14?,16-/m0/s1. The summed E-state index contributed by atoms with van der Waals surface area (Å²) in [5.74, 6) is 0.127. The predicted octanol–water partition coefficient (Wildman–Crippen LogP) is 3.94. The van der Waals surface area contributed by atoms with E-state index in [2.05, 4.69) is 15.9 Å². The third-order valence-corrected chi connectivity index (χ3v) is 5.04. The fraction of sp³-hybridized carbons (Fsp3) is 0.222. The molecule has 2 heterocycles. The summed E-state index contributed by atoms with van der Waals surface area (Å²) in [6.07, 6.45) is 0.563. The quantitative estimate of drug-likeness (QED) is 0.870. The van der Waals surface area contributed by atoms with Crippen molar-refractivity contribution in [2.75, 3.05) is 0 Å². The number of aliphatic imine (C=N–C) groups is 1. The monoisotopic (exact) mass is 370 g/mol. The molecular formula is C18H15BrN2O2. The Morgan fingerprint density at radius 1 is 1.22 bits per heavy atom. The first-order chi connectivity index (χ1) is 11.1. The molecule has 1 unspecified atom stereocenters. The first-order valence-electron chi connectivity index (χ1n) is 7.55. The lowest BCUT2D eigenvalue weighted by Gasteiger charge is -2.29. The van der Waals surface area contributed by atoms with E-state index in [4.69, 9.17) is 4.99 Å². The summed E-state index contributed by atoms with van der Waals surface area (Å²) in [6, 6.07) is 15.5. The molecule has 0 radical (unpaired) electrons. The Kier molecular flexibility index (Phi) is 3.45. The van der Waals surface area contributed by atoms with Gasteiger partial charge in [0, 0.05) is 16.9 Å². The molecule has 4 nitrogen and oxygen atoms in total. The van der Waals surface area contributed by atoms with E-state index in [9.17, 15) is 9.90 Å². The lowest BCUT2D eigenvalue weighted by molar-refractivity contribution is -0.141. The Bertz CT molecular complexity index is 804. The van der Waals surface area contributed by atoms with Crippen LogP contribution >= 0.6 is 15.9 Å². The summed E-state index contributed by atoms with van der Waals surface area (Å²) in [7, 11) is 0. The van der Waals surface area contributed by atoms with Crippen molar-refractivity contribution >= 4 is 33.4 Å². The molecule has 1 N–H and O–H groups in total. The maximum Gasteiger partial charge on any atom is 0.326 e. The second-order valence-electron chi connectivity index (χ2n) is 5.92. The number of rotatable bonds is 2. The molecule has 2 atom stereocenters. The molecule has 2 aromatic carbocycles. The Balaban J connectivity index is 1.82. The maximum atomic E-state index is 11.7. The van der Waals surface area contributed by atoms with Crippen LogP contribution in [0.5, 0.6) is 0 Å². The van der Waals surface area contributed by atoms with Crippen LogP contribution in [0.15, 0.2) is 58.0 Å². The van der Waals surface area contributed by atoms with Gasteiger partial charge in [0.05, 0.1) is 5.69 Å². The molecule has 23 heavy (non-hydrogen) atoms. The minimum Gasteiger partial charge on any atom is -0.480 e. The summed E-state index contributed by atoms with van der Waals surface area (Å²) in [4.78, 5) is 18.4. The molecule has 0 amide bonds. The van der Waals surface area contributed by atoms with Crippen LogP contribution in [0.25, 0.3) is 0 Å². The van der Waals surface area contributed by atoms with Gasteiger partial charge in [-0.1, -0.05) is 46.3 Å². The average Bonchev–Trinajstić information content (AvgIpc) is 2.92. The molecule has 116 valence electrons. The summed E-state index contributed by atoms with van der Waals surface area (Å²) in [5, 5.41) is 9.61. The predicted molar refractivity (Wildman–Crippen MR) is 92.0 cm³/mol. The van der Waals surface area contributed by atoms with Gasteiger partial charge in [0.25, 0.3) is 0 Å². The molecule has 5 heteroatoms. The summed E-state index contributed by atoms with van der Waals surface area (Å²) < 4.78 is 0.987. The lowest BCUT2D eigenvalue weighted by Crippen LogP contribution is -2.39. The van der Waals surface area contributed by atoms with Gasteiger partial charge in [-0.2, -0.15) is 0 Å². The van der Waals surface area contributed by atoms with Crippen molar-refractivity contribution < 1.29 is 9.90 Å². The van der Waals surface area contributed by atoms with Gasteiger partial charge >= 0.3 is 5.97 Å². The number of fused-ring (bicyclic) bond motifs is 2. The lowest BCUT2D eigenvalue weighted by atomic mass is 9.95. The van der Waals surface area contributed by atoms with Crippen molar-refractivity contribution in [1.29, 1.82) is 0 Å². The second-order valence-corrected chi connectivity index (χ2v) is 6.84. The molecule has 0 aromatic heterocycles.